The van der Waals surface area contributed by atoms with Crippen molar-refractivity contribution >= 4 is 21.8 Å². The predicted molar refractivity (Wildman–Crippen MR) is 69.2 cm³/mol. The van der Waals surface area contributed by atoms with Gasteiger partial charge >= 0.3 is 0 Å². The van der Waals surface area contributed by atoms with Crippen LogP contribution in [0.15, 0.2) is 28.7 Å². The quantitative estimate of drug-likeness (QED) is 0.806. The van der Waals surface area contributed by atoms with Crippen molar-refractivity contribution < 1.29 is 14.3 Å². The predicted octanol–water partition coefficient (Wildman–Crippen LogP) is 1.93. The van der Waals surface area contributed by atoms with Crippen LogP contribution < -0.4 is 4.74 Å². The second-order valence-electron chi connectivity index (χ2n) is 3.55. The highest BCUT2D eigenvalue weighted by Gasteiger charge is 2.07. The third-order valence-electron chi connectivity index (χ3n) is 2.20. The first-order valence-corrected chi connectivity index (χ1v) is 6.04. The molecule has 94 valence electrons. The molecule has 0 aromatic heterocycles. The normalized spacial score (nSPS) is 10.1. The van der Waals surface area contributed by atoms with Gasteiger partial charge in [0.05, 0.1) is 6.54 Å². The first-order valence-electron chi connectivity index (χ1n) is 5.24. The maximum absolute atomic E-state index is 11.4. The smallest absolute Gasteiger partial charge is 0.248 e. The third kappa shape index (κ3) is 5.19. The lowest BCUT2D eigenvalue weighted by Crippen LogP contribution is -2.33. The molecule has 0 radical (unpaired) electrons. The number of amides is 1. The summed E-state index contributed by atoms with van der Waals surface area (Å²) in [5, 5.41) is 0. The van der Waals surface area contributed by atoms with Gasteiger partial charge in [-0.1, -0.05) is 15.9 Å². The van der Waals surface area contributed by atoms with Gasteiger partial charge in [0.2, 0.25) is 5.91 Å². The first-order chi connectivity index (χ1) is 8.13. The zero-order chi connectivity index (χ0) is 12.7. The van der Waals surface area contributed by atoms with Gasteiger partial charge in [0, 0.05) is 18.6 Å². The number of benzene rings is 1. The van der Waals surface area contributed by atoms with E-state index in [0.29, 0.717) is 13.2 Å². The van der Waals surface area contributed by atoms with Gasteiger partial charge in [0.1, 0.15) is 19.0 Å². The van der Waals surface area contributed by atoms with Crippen molar-refractivity contribution in [1.82, 2.24) is 4.90 Å². The van der Waals surface area contributed by atoms with E-state index in [1.54, 1.807) is 11.9 Å². The molecule has 0 aliphatic rings. The van der Waals surface area contributed by atoms with Gasteiger partial charge in [-0.2, -0.15) is 0 Å². The Balaban J connectivity index is 2.27. The van der Waals surface area contributed by atoms with Crippen LogP contribution in [0.3, 0.4) is 0 Å². The number of hydrogen-bond donors (Lipinski definition) is 0. The van der Waals surface area contributed by atoms with E-state index in [-0.39, 0.29) is 12.5 Å². The Hall–Kier alpha value is -1.07. The number of nitrogens with zero attached hydrogens (tertiary/aromatic N) is 1. The maximum Gasteiger partial charge on any atom is 0.248 e. The van der Waals surface area contributed by atoms with E-state index in [2.05, 4.69) is 15.9 Å². The van der Waals surface area contributed by atoms with Crippen molar-refractivity contribution in [2.24, 2.45) is 0 Å². The summed E-state index contributed by atoms with van der Waals surface area (Å²) in [6.07, 6.45) is 0. The van der Waals surface area contributed by atoms with Crippen LogP contribution in [0.4, 0.5) is 0 Å². The Kier molecular flexibility index (Phi) is 6.00. The molecule has 0 saturated carbocycles. The highest BCUT2D eigenvalue weighted by atomic mass is 79.9. The van der Waals surface area contributed by atoms with Crippen molar-refractivity contribution in [2.45, 2.75) is 0 Å². The summed E-state index contributed by atoms with van der Waals surface area (Å²) in [7, 11) is 3.23. The fraction of sp³-hybridized carbons (Fsp3) is 0.417. The molecule has 0 fully saturated rings. The first kappa shape index (κ1) is 14.0. The molecule has 0 aliphatic heterocycles. The number of halogens is 1. The fourth-order valence-corrected chi connectivity index (χ4v) is 1.45. The number of hydrogen-bond acceptors (Lipinski definition) is 3. The standard InChI is InChI=1S/C12H16BrNO3/c1-14(12(15)9-16-2)7-8-17-11-5-3-10(13)4-6-11/h3-6H,7-9H2,1-2H3. The molecule has 1 amide bonds. The van der Waals surface area contributed by atoms with Crippen LogP contribution in [0.1, 0.15) is 0 Å². The molecule has 0 saturated heterocycles. The minimum atomic E-state index is -0.0492. The SMILES string of the molecule is COCC(=O)N(C)CCOc1ccc(Br)cc1. The monoisotopic (exact) mass is 301 g/mol. The molecule has 0 bridgehead atoms. The molecule has 1 aromatic carbocycles. The molecular weight excluding hydrogens is 286 g/mol. The van der Waals surface area contributed by atoms with Crippen molar-refractivity contribution in [2.75, 3.05) is 33.9 Å². The summed E-state index contributed by atoms with van der Waals surface area (Å²) in [6.45, 7) is 1.11. The zero-order valence-electron chi connectivity index (χ0n) is 9.98. The van der Waals surface area contributed by atoms with Crippen LogP contribution in [0.25, 0.3) is 0 Å². The molecule has 0 N–H and O–H groups in total. The third-order valence-corrected chi connectivity index (χ3v) is 2.73. The molecule has 17 heavy (non-hydrogen) atoms. The number of carbonyl (C=O) groups is 1. The van der Waals surface area contributed by atoms with E-state index in [9.17, 15) is 4.79 Å². The second kappa shape index (κ2) is 7.29. The molecular formula is C12H16BrNO3. The fourth-order valence-electron chi connectivity index (χ4n) is 1.19. The molecule has 4 nitrogen and oxygen atoms in total. The van der Waals surface area contributed by atoms with Crippen molar-refractivity contribution in [3.05, 3.63) is 28.7 Å². The summed E-state index contributed by atoms with van der Waals surface area (Å²) in [6, 6.07) is 7.58. The van der Waals surface area contributed by atoms with Crippen molar-refractivity contribution in [3.63, 3.8) is 0 Å². The molecule has 1 rings (SSSR count). The average Bonchev–Trinajstić information content (AvgIpc) is 2.32. The van der Waals surface area contributed by atoms with Crippen molar-refractivity contribution in [3.8, 4) is 5.75 Å². The highest BCUT2D eigenvalue weighted by Crippen LogP contribution is 2.15. The molecule has 1 aromatic rings. The van der Waals surface area contributed by atoms with Crippen molar-refractivity contribution in [1.29, 1.82) is 0 Å². The van der Waals surface area contributed by atoms with Gasteiger partial charge < -0.3 is 14.4 Å². The van der Waals surface area contributed by atoms with Gasteiger partial charge in [0.25, 0.3) is 0 Å². The van der Waals surface area contributed by atoms with Gasteiger partial charge in [-0.05, 0) is 24.3 Å². The van der Waals surface area contributed by atoms with E-state index in [0.717, 1.165) is 10.2 Å². The van der Waals surface area contributed by atoms with Crippen LogP contribution in [-0.2, 0) is 9.53 Å². The minimum absolute atomic E-state index is 0.0492. The summed E-state index contributed by atoms with van der Waals surface area (Å²) in [5.41, 5.74) is 0. The van der Waals surface area contributed by atoms with Crippen LogP contribution >= 0.6 is 15.9 Å². The number of likely N-dealkylation sites (N-methyl/N-ethyl adjacent to an activating group) is 1. The van der Waals surface area contributed by atoms with Crippen LogP contribution in [0.2, 0.25) is 0 Å². The Bertz CT molecular complexity index is 353. The number of carbonyl (C=O) groups excluding carboxylic acids is 1. The summed E-state index contributed by atoms with van der Waals surface area (Å²) < 4.78 is 11.3. The molecule has 0 spiro atoms. The number of methoxy groups -OCH3 is 1. The second-order valence-corrected chi connectivity index (χ2v) is 4.47. The van der Waals surface area contributed by atoms with E-state index >= 15 is 0 Å². The highest BCUT2D eigenvalue weighted by molar-refractivity contribution is 9.10. The van der Waals surface area contributed by atoms with Gasteiger partial charge in [-0.25, -0.2) is 0 Å². The maximum atomic E-state index is 11.4. The summed E-state index contributed by atoms with van der Waals surface area (Å²) in [4.78, 5) is 13.0. The minimum Gasteiger partial charge on any atom is -0.492 e. The van der Waals surface area contributed by atoms with Crippen LogP contribution in [-0.4, -0.2) is 44.7 Å². The lowest BCUT2D eigenvalue weighted by atomic mass is 10.3. The molecule has 0 aliphatic carbocycles. The van der Waals surface area contributed by atoms with Gasteiger partial charge in [0.15, 0.2) is 0 Å². The van der Waals surface area contributed by atoms with E-state index in [1.165, 1.54) is 7.11 Å². The number of rotatable bonds is 6. The molecule has 5 heteroatoms. The average molecular weight is 302 g/mol. The lowest BCUT2D eigenvalue weighted by Gasteiger charge is -2.16. The van der Waals surface area contributed by atoms with E-state index < -0.39 is 0 Å². The van der Waals surface area contributed by atoms with E-state index in [4.69, 9.17) is 9.47 Å². The Morgan fingerprint density at radius 3 is 2.59 bits per heavy atom. The topological polar surface area (TPSA) is 38.8 Å². The summed E-state index contributed by atoms with van der Waals surface area (Å²) >= 11 is 3.35. The van der Waals surface area contributed by atoms with Crippen LogP contribution in [0.5, 0.6) is 5.75 Å². The van der Waals surface area contributed by atoms with Crippen LogP contribution in [0, 0.1) is 0 Å². The summed E-state index contributed by atoms with van der Waals surface area (Å²) in [5.74, 6) is 0.743. The van der Waals surface area contributed by atoms with Gasteiger partial charge in [-0.3, -0.25) is 4.79 Å². The molecule has 0 heterocycles. The van der Waals surface area contributed by atoms with E-state index in [1.807, 2.05) is 24.3 Å². The zero-order valence-corrected chi connectivity index (χ0v) is 11.6. The lowest BCUT2D eigenvalue weighted by molar-refractivity contribution is -0.134. The Morgan fingerprint density at radius 2 is 2.00 bits per heavy atom. The largest absolute Gasteiger partial charge is 0.492 e. The molecule has 0 atom stereocenters. The van der Waals surface area contributed by atoms with Gasteiger partial charge in [-0.15, -0.1) is 0 Å². The number of ether oxygens (including phenoxy) is 2. The Labute approximate surface area is 110 Å². The Morgan fingerprint density at radius 1 is 1.35 bits per heavy atom. The molecule has 0 unspecified atom stereocenters.